The molecule has 1 aromatic heterocycles. The quantitative estimate of drug-likeness (QED) is 0.129. The minimum Gasteiger partial charge on any atom is -1.00 e. The number of anilines is 1. The van der Waals surface area contributed by atoms with Gasteiger partial charge in [0, 0.05) is 16.8 Å². The van der Waals surface area contributed by atoms with Crippen LogP contribution in [0.3, 0.4) is 0 Å². The molecule has 0 saturated carbocycles. The molecule has 33 heavy (non-hydrogen) atoms. The third-order valence-corrected chi connectivity index (χ3v) is 5.19. The second-order valence-electron chi connectivity index (χ2n) is 7.17. The topological polar surface area (TPSA) is 58.1 Å². The van der Waals surface area contributed by atoms with Crippen molar-refractivity contribution in [2.45, 2.75) is 6.54 Å². The van der Waals surface area contributed by atoms with Crippen molar-refractivity contribution in [2.24, 2.45) is 0 Å². The van der Waals surface area contributed by atoms with Gasteiger partial charge in [0.25, 0.3) is 0 Å². The molecule has 0 unspecified atom stereocenters. The minimum atomic E-state index is -0.00357. The Morgan fingerprint density at radius 3 is 2.03 bits per heavy atom. The van der Waals surface area contributed by atoms with E-state index in [9.17, 15) is 9.90 Å². The number of rotatable bonds is 7. The maximum atomic E-state index is 12.6. The highest BCUT2D eigenvalue weighted by Crippen LogP contribution is 2.22. The van der Waals surface area contributed by atoms with Crippen LogP contribution in [0.15, 0.2) is 110 Å². The fourth-order valence-electron chi connectivity index (χ4n) is 3.29. The molecule has 0 atom stereocenters. The van der Waals surface area contributed by atoms with Crippen LogP contribution < -0.4 is 26.9 Å². The van der Waals surface area contributed by atoms with E-state index in [0.29, 0.717) is 21.8 Å². The molecule has 166 valence electrons. The van der Waals surface area contributed by atoms with Gasteiger partial charge >= 0.3 is 0 Å². The Bertz CT molecular complexity index is 1260. The highest BCUT2D eigenvalue weighted by Gasteiger charge is 2.22. The molecule has 0 saturated heterocycles. The number of halogens is 1. The van der Waals surface area contributed by atoms with Crippen molar-refractivity contribution < 1.29 is 31.4 Å². The van der Waals surface area contributed by atoms with Crippen LogP contribution in [0.4, 0.5) is 5.69 Å². The Morgan fingerprint density at radius 1 is 0.879 bits per heavy atom. The number of thiocarbonyl (C=S) groups is 1. The summed E-state index contributed by atoms with van der Waals surface area (Å²) in [5, 5.41) is 14.3. The first-order valence-corrected chi connectivity index (χ1v) is 10.5. The molecule has 2 N–H and O–H groups in total. The summed E-state index contributed by atoms with van der Waals surface area (Å²) < 4.78 is 3.48. The molecule has 0 bridgehead atoms. The Kier molecular flexibility index (Phi) is 8.29. The van der Waals surface area contributed by atoms with Crippen molar-refractivity contribution >= 4 is 40.1 Å². The smallest absolute Gasteiger partial charge is 0.249 e. The van der Waals surface area contributed by atoms with Gasteiger partial charge in [0.05, 0.1) is 0 Å². The van der Waals surface area contributed by atoms with Crippen LogP contribution in [-0.4, -0.2) is 20.4 Å². The lowest BCUT2D eigenvalue weighted by Gasteiger charge is -2.11. The number of para-hydroxylation sites is 1. The molecule has 3 aromatic carbocycles. The van der Waals surface area contributed by atoms with Crippen LogP contribution in [-0.2, 0) is 6.54 Å². The lowest BCUT2D eigenvalue weighted by atomic mass is 10.1. The molecule has 1 heterocycles. The third kappa shape index (κ3) is 6.03. The average molecular weight is 520 g/mol. The predicted molar refractivity (Wildman–Crippen MR) is 130 cm³/mol. The van der Waals surface area contributed by atoms with Gasteiger partial charge in [0.2, 0.25) is 17.8 Å². The van der Waals surface area contributed by atoms with Gasteiger partial charge in [0.15, 0.2) is 17.3 Å². The monoisotopic (exact) mass is 519 g/mol. The fraction of sp³-hybridized carbons (Fsp3) is 0.0385. The molecule has 7 heteroatoms. The third-order valence-electron chi connectivity index (χ3n) is 4.89. The van der Waals surface area contributed by atoms with E-state index in [2.05, 4.69) is 5.32 Å². The minimum absolute atomic E-state index is 0. The first kappa shape index (κ1) is 24.1. The summed E-state index contributed by atoms with van der Waals surface area (Å²) in [6, 6.07) is 27.9. The van der Waals surface area contributed by atoms with E-state index in [0.717, 1.165) is 5.69 Å². The molecule has 4 aromatic rings. The summed E-state index contributed by atoms with van der Waals surface area (Å²) in [5.41, 5.74) is 2.52. The van der Waals surface area contributed by atoms with Gasteiger partial charge in [-0.25, -0.2) is 4.57 Å². The van der Waals surface area contributed by atoms with E-state index >= 15 is 0 Å². The zero-order chi connectivity index (χ0) is 22.3. The summed E-state index contributed by atoms with van der Waals surface area (Å²) in [5.74, 6) is 0.0346. The summed E-state index contributed by atoms with van der Waals surface area (Å²) in [4.78, 5) is 13.0. The summed E-state index contributed by atoms with van der Waals surface area (Å²) >= 11 is 5.66. The Balaban J connectivity index is 0.00000306. The van der Waals surface area contributed by atoms with Crippen LogP contribution in [0, 0.1) is 0 Å². The summed E-state index contributed by atoms with van der Waals surface area (Å²) in [7, 11) is 0. The molecule has 0 radical (unpaired) electrons. The molecule has 0 amide bonds. The van der Waals surface area contributed by atoms with Crippen molar-refractivity contribution in [3.63, 3.8) is 0 Å². The van der Waals surface area contributed by atoms with E-state index in [1.165, 1.54) is 0 Å². The SMILES string of the molecule is O=C(C[n+]1ccn(/C(C(=S)Nc2ccccc2)=C(\O)c2ccccc2)c1)c1ccccc1.[Br-]. The second kappa shape index (κ2) is 11.4. The Labute approximate surface area is 208 Å². The number of aromatic nitrogens is 2. The van der Waals surface area contributed by atoms with Crippen LogP contribution >= 0.6 is 12.2 Å². The zero-order valence-corrected chi connectivity index (χ0v) is 20.0. The molecule has 0 fully saturated rings. The predicted octanol–water partition coefficient (Wildman–Crippen LogP) is 1.99. The zero-order valence-electron chi connectivity index (χ0n) is 17.6. The standard InChI is InChI=1S/C26H21N3O2S.BrH/c30-23(20-10-4-1-5-11-20)18-28-16-17-29(19-28)24(25(31)21-12-6-2-7-13-21)26(32)27-22-14-8-3-9-15-22;/h1-17,19H,18H2,(H-,27,31,32);1H. The van der Waals surface area contributed by atoms with Crippen molar-refractivity contribution in [2.75, 3.05) is 5.32 Å². The van der Waals surface area contributed by atoms with E-state index < -0.39 is 0 Å². The maximum absolute atomic E-state index is 12.6. The lowest BCUT2D eigenvalue weighted by Crippen LogP contribution is -3.00. The van der Waals surface area contributed by atoms with Crippen LogP contribution in [0.25, 0.3) is 11.5 Å². The summed E-state index contributed by atoms with van der Waals surface area (Å²) in [6.07, 6.45) is 5.30. The van der Waals surface area contributed by atoms with Gasteiger partial charge in [-0.2, -0.15) is 4.57 Å². The summed E-state index contributed by atoms with van der Waals surface area (Å²) in [6.45, 7) is 0.176. The molecular formula is C26H22BrN3O2S. The fourth-order valence-corrected chi connectivity index (χ4v) is 3.61. The van der Waals surface area contributed by atoms with Crippen molar-refractivity contribution in [1.82, 2.24) is 4.57 Å². The number of aliphatic hydroxyl groups excluding tert-OH is 1. The number of imidazole rings is 1. The maximum Gasteiger partial charge on any atom is 0.249 e. The normalized spacial score (nSPS) is 11.2. The van der Waals surface area contributed by atoms with Gasteiger partial charge in [-0.15, -0.1) is 0 Å². The number of Topliss-reactive ketones (excluding diaryl/α,β-unsaturated/α-hetero) is 1. The number of hydrogen-bond acceptors (Lipinski definition) is 3. The molecule has 0 aliphatic heterocycles. The van der Waals surface area contributed by atoms with Crippen molar-refractivity contribution in [1.29, 1.82) is 0 Å². The first-order chi connectivity index (χ1) is 15.6. The van der Waals surface area contributed by atoms with E-state index in [4.69, 9.17) is 12.2 Å². The van der Waals surface area contributed by atoms with Gasteiger partial charge in [-0.3, -0.25) is 4.79 Å². The van der Waals surface area contributed by atoms with Gasteiger partial charge in [-0.05, 0) is 12.1 Å². The number of aliphatic hydroxyl groups is 1. The molecule has 0 aliphatic rings. The van der Waals surface area contributed by atoms with Crippen LogP contribution in [0.5, 0.6) is 0 Å². The highest BCUT2D eigenvalue weighted by molar-refractivity contribution is 7.81. The number of hydrogen-bond donors (Lipinski definition) is 2. The molecule has 0 aliphatic carbocycles. The van der Waals surface area contributed by atoms with Crippen molar-refractivity contribution in [3.05, 3.63) is 121 Å². The number of nitrogens with one attached hydrogen (secondary N) is 1. The largest absolute Gasteiger partial charge is 1.00 e. The molecular weight excluding hydrogens is 498 g/mol. The van der Waals surface area contributed by atoms with E-state index in [-0.39, 0.29) is 35.1 Å². The van der Waals surface area contributed by atoms with Gasteiger partial charge in [-0.1, -0.05) is 91.1 Å². The number of nitrogens with zero attached hydrogens (tertiary/aromatic N) is 2. The van der Waals surface area contributed by atoms with Gasteiger partial charge < -0.3 is 27.4 Å². The van der Waals surface area contributed by atoms with Crippen LogP contribution in [0.2, 0.25) is 0 Å². The number of ketones is 1. The molecule has 0 spiro atoms. The van der Waals surface area contributed by atoms with Gasteiger partial charge in [0.1, 0.15) is 12.4 Å². The molecule has 5 nitrogen and oxygen atoms in total. The molecule has 4 rings (SSSR count). The number of benzene rings is 3. The van der Waals surface area contributed by atoms with Crippen molar-refractivity contribution in [3.8, 4) is 0 Å². The number of carbonyl (C=O) groups is 1. The Hall–Kier alpha value is -3.55. The number of carbonyl (C=O) groups excluding carboxylic acids is 1. The highest BCUT2D eigenvalue weighted by atomic mass is 79.9. The van der Waals surface area contributed by atoms with E-state index in [1.54, 1.807) is 40.0 Å². The lowest BCUT2D eigenvalue weighted by molar-refractivity contribution is -0.682. The second-order valence-corrected chi connectivity index (χ2v) is 7.57. The average Bonchev–Trinajstić information content (AvgIpc) is 3.28. The van der Waals surface area contributed by atoms with Crippen LogP contribution in [0.1, 0.15) is 15.9 Å². The first-order valence-electron chi connectivity index (χ1n) is 10.1. The van der Waals surface area contributed by atoms with E-state index in [1.807, 2.05) is 78.9 Å². The Morgan fingerprint density at radius 2 is 1.42 bits per heavy atom.